The zero-order valence-corrected chi connectivity index (χ0v) is 16.3. The van der Waals surface area contributed by atoms with E-state index in [1.165, 1.54) is 6.07 Å². The summed E-state index contributed by atoms with van der Waals surface area (Å²) in [6.07, 6.45) is 2.76. The highest BCUT2D eigenvalue weighted by Gasteiger charge is 2.27. The molecule has 0 aromatic heterocycles. The number of carbonyl (C=O) groups is 2. The van der Waals surface area contributed by atoms with E-state index in [4.69, 9.17) is 21.1 Å². The third kappa shape index (κ3) is 4.53. The summed E-state index contributed by atoms with van der Waals surface area (Å²) in [5.74, 6) is -0.907. The van der Waals surface area contributed by atoms with Crippen molar-refractivity contribution in [2.45, 2.75) is 39.2 Å². The number of anilines is 1. The second-order valence-electron chi connectivity index (χ2n) is 7.61. The van der Waals surface area contributed by atoms with E-state index in [-0.39, 0.29) is 28.6 Å². The Hall–Kier alpha value is -2.28. The third-order valence-corrected chi connectivity index (χ3v) is 4.42. The fourth-order valence-electron chi connectivity index (χ4n) is 3.02. The van der Waals surface area contributed by atoms with Crippen LogP contribution in [0, 0.1) is 5.82 Å². The Balaban J connectivity index is 1.84. The molecule has 27 heavy (non-hydrogen) atoms. The van der Waals surface area contributed by atoms with Gasteiger partial charge in [-0.2, -0.15) is 0 Å². The van der Waals surface area contributed by atoms with Gasteiger partial charge in [-0.25, -0.2) is 9.18 Å². The first-order valence-electron chi connectivity index (χ1n) is 8.76. The maximum atomic E-state index is 14.8. The molecule has 0 radical (unpaired) electrons. The highest BCUT2D eigenvalue weighted by atomic mass is 35.5. The number of benzene rings is 1. The van der Waals surface area contributed by atoms with Gasteiger partial charge < -0.3 is 19.7 Å². The number of hydrogen-bond donors (Lipinski definition) is 1. The highest BCUT2D eigenvalue weighted by Crippen LogP contribution is 2.40. The SMILES string of the molecule is CC(C)(C)OC(=O)N1CCCC(=Cc2cc(Cl)c3c(c2F)NC(=O)CO3)C1. The molecule has 0 spiro atoms. The van der Waals surface area contributed by atoms with Gasteiger partial charge in [-0.05, 0) is 45.3 Å². The van der Waals surface area contributed by atoms with Crippen molar-refractivity contribution >= 4 is 35.4 Å². The number of hydrogen-bond acceptors (Lipinski definition) is 4. The van der Waals surface area contributed by atoms with Crippen molar-refractivity contribution < 1.29 is 23.5 Å². The normalized spacial score (nSPS) is 18.6. The van der Waals surface area contributed by atoms with E-state index in [0.29, 0.717) is 13.1 Å². The molecule has 0 saturated carbocycles. The summed E-state index contributed by atoms with van der Waals surface area (Å²) < 4.78 is 25.5. The average molecular weight is 397 g/mol. The summed E-state index contributed by atoms with van der Waals surface area (Å²) in [5.41, 5.74) is 0.496. The van der Waals surface area contributed by atoms with Crippen LogP contribution in [0.15, 0.2) is 11.6 Å². The number of likely N-dealkylation sites (tertiary alicyclic amines) is 1. The van der Waals surface area contributed by atoms with Crippen molar-refractivity contribution in [3.8, 4) is 5.75 Å². The average Bonchev–Trinajstić information content (AvgIpc) is 2.58. The fraction of sp³-hybridized carbons (Fsp3) is 0.474. The largest absolute Gasteiger partial charge is 0.480 e. The van der Waals surface area contributed by atoms with E-state index in [1.807, 2.05) is 20.8 Å². The Bertz CT molecular complexity index is 817. The lowest BCUT2D eigenvalue weighted by atomic mass is 10.0. The van der Waals surface area contributed by atoms with Crippen LogP contribution in [0.1, 0.15) is 39.2 Å². The minimum Gasteiger partial charge on any atom is -0.480 e. The highest BCUT2D eigenvalue weighted by molar-refractivity contribution is 6.33. The zero-order chi connectivity index (χ0) is 19.8. The molecule has 2 aliphatic rings. The van der Waals surface area contributed by atoms with E-state index < -0.39 is 23.4 Å². The van der Waals surface area contributed by atoms with Crippen LogP contribution in [0.25, 0.3) is 6.08 Å². The second-order valence-corrected chi connectivity index (χ2v) is 8.02. The van der Waals surface area contributed by atoms with Crippen LogP contribution in [0.3, 0.4) is 0 Å². The van der Waals surface area contributed by atoms with Crippen LogP contribution < -0.4 is 10.1 Å². The minimum absolute atomic E-state index is 0.0505. The Morgan fingerprint density at radius 1 is 1.44 bits per heavy atom. The predicted octanol–water partition coefficient (Wildman–Crippen LogP) is 4.22. The van der Waals surface area contributed by atoms with Crippen molar-refractivity contribution in [1.82, 2.24) is 4.90 Å². The summed E-state index contributed by atoms with van der Waals surface area (Å²) in [6, 6.07) is 1.46. The topological polar surface area (TPSA) is 67.9 Å². The molecule has 1 fully saturated rings. The summed E-state index contributed by atoms with van der Waals surface area (Å²) in [5, 5.41) is 2.68. The maximum absolute atomic E-state index is 14.8. The first-order chi connectivity index (χ1) is 12.6. The molecular weight excluding hydrogens is 375 g/mol. The molecule has 2 amide bonds. The zero-order valence-electron chi connectivity index (χ0n) is 15.5. The monoisotopic (exact) mass is 396 g/mol. The van der Waals surface area contributed by atoms with Gasteiger partial charge in [0.05, 0.1) is 5.02 Å². The predicted molar refractivity (Wildman–Crippen MR) is 101 cm³/mol. The molecule has 6 nitrogen and oxygen atoms in total. The van der Waals surface area contributed by atoms with Gasteiger partial charge in [-0.15, -0.1) is 0 Å². The Morgan fingerprint density at radius 3 is 2.89 bits per heavy atom. The quantitative estimate of drug-likeness (QED) is 0.771. The second kappa shape index (κ2) is 7.38. The Labute approximate surface area is 162 Å². The lowest BCUT2D eigenvalue weighted by Gasteiger charge is -2.31. The minimum atomic E-state index is -0.607. The van der Waals surface area contributed by atoms with Crippen LogP contribution in [0.2, 0.25) is 5.02 Å². The number of amides is 2. The van der Waals surface area contributed by atoms with Gasteiger partial charge in [0.2, 0.25) is 0 Å². The summed E-state index contributed by atoms with van der Waals surface area (Å²) >= 11 is 6.18. The molecule has 1 saturated heterocycles. The van der Waals surface area contributed by atoms with Crippen LogP contribution >= 0.6 is 11.6 Å². The molecular formula is C19H22ClFN2O4. The summed E-state index contributed by atoms with van der Waals surface area (Å²) in [6.45, 7) is 6.18. The molecule has 2 heterocycles. The van der Waals surface area contributed by atoms with Gasteiger partial charge in [0.25, 0.3) is 5.91 Å². The van der Waals surface area contributed by atoms with Gasteiger partial charge in [0.15, 0.2) is 18.2 Å². The number of piperidine rings is 1. The number of rotatable bonds is 1. The van der Waals surface area contributed by atoms with Crippen LogP contribution in [0.4, 0.5) is 14.9 Å². The van der Waals surface area contributed by atoms with Crippen molar-refractivity contribution in [3.63, 3.8) is 0 Å². The van der Waals surface area contributed by atoms with E-state index in [0.717, 1.165) is 18.4 Å². The first-order valence-corrected chi connectivity index (χ1v) is 9.14. The molecule has 2 aliphatic heterocycles. The van der Waals surface area contributed by atoms with Crippen LogP contribution in [-0.4, -0.2) is 42.2 Å². The van der Waals surface area contributed by atoms with Gasteiger partial charge in [-0.1, -0.05) is 17.7 Å². The summed E-state index contributed by atoms with van der Waals surface area (Å²) in [4.78, 5) is 25.4. The van der Waals surface area contributed by atoms with Crippen molar-refractivity contribution in [2.75, 3.05) is 25.0 Å². The molecule has 0 bridgehead atoms. The Kier molecular flexibility index (Phi) is 5.33. The molecule has 8 heteroatoms. The van der Waals surface area contributed by atoms with Gasteiger partial charge in [0.1, 0.15) is 11.3 Å². The lowest BCUT2D eigenvalue weighted by Crippen LogP contribution is -2.40. The number of ether oxygens (including phenoxy) is 2. The number of halogens is 2. The van der Waals surface area contributed by atoms with E-state index >= 15 is 0 Å². The number of nitrogens with one attached hydrogen (secondary N) is 1. The number of carbonyl (C=O) groups excluding carboxylic acids is 2. The third-order valence-electron chi connectivity index (χ3n) is 4.14. The molecule has 3 rings (SSSR count). The van der Waals surface area contributed by atoms with E-state index in [9.17, 15) is 14.0 Å². The first kappa shape index (κ1) is 19.5. The Morgan fingerprint density at radius 2 is 2.19 bits per heavy atom. The van der Waals surface area contributed by atoms with Gasteiger partial charge in [0, 0.05) is 18.7 Å². The molecule has 0 atom stereocenters. The van der Waals surface area contributed by atoms with Gasteiger partial charge >= 0.3 is 6.09 Å². The maximum Gasteiger partial charge on any atom is 0.410 e. The van der Waals surface area contributed by atoms with E-state index in [1.54, 1.807) is 11.0 Å². The molecule has 0 aliphatic carbocycles. The van der Waals surface area contributed by atoms with E-state index in [2.05, 4.69) is 5.32 Å². The number of fused-ring (bicyclic) bond motifs is 1. The molecule has 0 unspecified atom stereocenters. The van der Waals surface area contributed by atoms with Crippen LogP contribution in [-0.2, 0) is 9.53 Å². The molecule has 1 N–H and O–H groups in total. The lowest BCUT2D eigenvalue weighted by molar-refractivity contribution is -0.118. The standard InChI is InChI=1S/C19H22ClFN2O4/c1-19(2,3)27-18(25)23-6-4-5-11(9-23)7-12-8-13(20)17-16(15(12)21)22-14(24)10-26-17/h7-8H,4-6,9-10H2,1-3H3,(H,22,24). The van der Waals surface area contributed by atoms with Crippen molar-refractivity contribution in [3.05, 3.63) is 28.0 Å². The summed E-state index contributed by atoms with van der Waals surface area (Å²) in [7, 11) is 0. The van der Waals surface area contributed by atoms with Gasteiger partial charge in [-0.3, -0.25) is 4.79 Å². The van der Waals surface area contributed by atoms with Crippen molar-refractivity contribution in [2.24, 2.45) is 0 Å². The fourth-order valence-corrected chi connectivity index (χ4v) is 3.29. The van der Waals surface area contributed by atoms with Crippen molar-refractivity contribution in [1.29, 1.82) is 0 Å². The smallest absolute Gasteiger partial charge is 0.410 e. The molecule has 1 aromatic rings. The molecule has 1 aromatic carbocycles. The van der Waals surface area contributed by atoms with Crippen LogP contribution in [0.5, 0.6) is 5.75 Å². The molecule has 146 valence electrons. The number of nitrogens with zero attached hydrogens (tertiary/aromatic N) is 1.